The molecule has 26 heavy (non-hydrogen) atoms. The van der Waals surface area contributed by atoms with Gasteiger partial charge in [0.15, 0.2) is 0 Å². The molecule has 0 aliphatic heterocycles. The highest BCUT2D eigenvalue weighted by Crippen LogP contribution is 2.19. The van der Waals surface area contributed by atoms with Gasteiger partial charge in [-0.1, -0.05) is 41.9 Å². The molecule has 2 amide bonds. The summed E-state index contributed by atoms with van der Waals surface area (Å²) in [6, 6.07) is 13.5. The predicted octanol–water partition coefficient (Wildman–Crippen LogP) is 2.17. The van der Waals surface area contributed by atoms with Crippen LogP contribution in [0.3, 0.4) is 0 Å². The predicted molar refractivity (Wildman–Crippen MR) is 97.1 cm³/mol. The Morgan fingerprint density at radius 3 is 2.58 bits per heavy atom. The average molecular weight is 379 g/mol. The van der Waals surface area contributed by atoms with Crippen LogP contribution in [-0.2, 0) is 11.3 Å². The summed E-state index contributed by atoms with van der Waals surface area (Å²) < 4.78 is 5.11. The van der Waals surface area contributed by atoms with Crippen LogP contribution in [0.25, 0.3) is 0 Å². The van der Waals surface area contributed by atoms with Crippen molar-refractivity contribution < 1.29 is 24.5 Å². The van der Waals surface area contributed by atoms with Crippen LogP contribution in [-0.4, -0.2) is 41.5 Å². The molecular weight excluding hydrogens is 360 g/mol. The van der Waals surface area contributed by atoms with Gasteiger partial charge in [-0.15, -0.1) is 0 Å². The van der Waals surface area contributed by atoms with Crippen molar-refractivity contribution in [1.82, 2.24) is 5.32 Å². The number of halogens is 1. The Hall–Kier alpha value is -2.61. The van der Waals surface area contributed by atoms with Crippen molar-refractivity contribution in [3.8, 4) is 0 Å². The molecular formula is C18H19ClN2O5. The van der Waals surface area contributed by atoms with Crippen LogP contribution in [0.5, 0.6) is 0 Å². The molecule has 2 rings (SSSR count). The highest BCUT2D eigenvalue weighted by atomic mass is 35.5. The smallest absolute Gasteiger partial charge is 0.411 e. The van der Waals surface area contributed by atoms with Gasteiger partial charge in [-0.05, 0) is 23.8 Å². The molecule has 2 aromatic rings. The van der Waals surface area contributed by atoms with Crippen LogP contribution in [0.15, 0.2) is 48.5 Å². The van der Waals surface area contributed by atoms with E-state index in [1.807, 2.05) is 30.3 Å². The largest absolute Gasteiger partial charge is 0.444 e. The van der Waals surface area contributed by atoms with Crippen LogP contribution in [0.4, 0.5) is 10.5 Å². The SMILES string of the molecule is O=C(Nc1cc(Cl)cc(C(=O)NCC(O)CO)c1)OCc1ccccc1. The quantitative estimate of drug-likeness (QED) is 0.590. The Morgan fingerprint density at radius 2 is 1.88 bits per heavy atom. The van der Waals surface area contributed by atoms with E-state index in [1.54, 1.807) is 0 Å². The molecule has 0 spiro atoms. The summed E-state index contributed by atoms with van der Waals surface area (Å²) >= 11 is 5.98. The minimum Gasteiger partial charge on any atom is -0.444 e. The first kappa shape index (κ1) is 19.7. The van der Waals surface area contributed by atoms with Gasteiger partial charge in [0.25, 0.3) is 5.91 Å². The molecule has 7 nitrogen and oxygen atoms in total. The molecule has 1 atom stereocenters. The number of benzene rings is 2. The topological polar surface area (TPSA) is 108 Å². The Balaban J connectivity index is 1.95. The van der Waals surface area contributed by atoms with Gasteiger partial charge in [0.1, 0.15) is 6.61 Å². The molecule has 0 radical (unpaired) electrons. The fourth-order valence-corrected chi connectivity index (χ4v) is 2.28. The molecule has 0 saturated heterocycles. The second-order valence-corrected chi connectivity index (χ2v) is 5.90. The second kappa shape index (κ2) is 9.76. The highest BCUT2D eigenvalue weighted by Gasteiger charge is 2.12. The Morgan fingerprint density at radius 1 is 1.15 bits per heavy atom. The Labute approximate surface area is 155 Å². The summed E-state index contributed by atoms with van der Waals surface area (Å²) in [6.07, 6.45) is -1.73. The lowest BCUT2D eigenvalue weighted by Crippen LogP contribution is -2.33. The Kier molecular flexibility index (Phi) is 7.40. The van der Waals surface area contributed by atoms with E-state index in [4.69, 9.17) is 21.4 Å². The molecule has 0 aliphatic carbocycles. The molecule has 0 bridgehead atoms. The summed E-state index contributed by atoms with van der Waals surface area (Å²) in [5.74, 6) is -0.499. The van der Waals surface area contributed by atoms with Gasteiger partial charge in [-0.2, -0.15) is 0 Å². The van der Waals surface area contributed by atoms with Crippen molar-refractivity contribution in [2.45, 2.75) is 12.7 Å². The van der Waals surface area contributed by atoms with Crippen molar-refractivity contribution in [2.75, 3.05) is 18.5 Å². The van der Waals surface area contributed by atoms with E-state index in [9.17, 15) is 14.7 Å². The minimum absolute atomic E-state index is 0.107. The minimum atomic E-state index is -1.05. The maximum absolute atomic E-state index is 12.1. The zero-order valence-corrected chi connectivity index (χ0v) is 14.6. The van der Waals surface area contributed by atoms with Crippen molar-refractivity contribution in [2.24, 2.45) is 0 Å². The lowest BCUT2D eigenvalue weighted by molar-refractivity contribution is 0.0802. The van der Waals surface area contributed by atoms with Gasteiger partial charge in [0.2, 0.25) is 0 Å². The first-order valence-electron chi connectivity index (χ1n) is 7.83. The van der Waals surface area contributed by atoms with E-state index >= 15 is 0 Å². The maximum Gasteiger partial charge on any atom is 0.411 e. The van der Waals surface area contributed by atoms with Crippen LogP contribution < -0.4 is 10.6 Å². The zero-order chi connectivity index (χ0) is 18.9. The number of ether oxygens (including phenoxy) is 1. The first-order chi connectivity index (χ1) is 12.5. The van der Waals surface area contributed by atoms with E-state index in [-0.39, 0.29) is 23.7 Å². The van der Waals surface area contributed by atoms with E-state index < -0.39 is 24.7 Å². The molecule has 0 heterocycles. The van der Waals surface area contributed by atoms with Crippen molar-refractivity contribution in [3.63, 3.8) is 0 Å². The molecule has 0 saturated carbocycles. The normalized spacial score (nSPS) is 11.5. The number of amides is 2. The number of aliphatic hydroxyl groups is 2. The standard InChI is InChI=1S/C18H19ClN2O5/c19-14-6-13(17(24)20-9-16(23)10-22)7-15(8-14)21-18(25)26-11-12-4-2-1-3-5-12/h1-8,16,22-23H,9-11H2,(H,20,24)(H,21,25). The van der Waals surface area contributed by atoms with Crippen LogP contribution >= 0.6 is 11.6 Å². The van der Waals surface area contributed by atoms with Gasteiger partial charge in [0, 0.05) is 22.8 Å². The van der Waals surface area contributed by atoms with Crippen molar-refractivity contribution in [3.05, 3.63) is 64.7 Å². The third kappa shape index (κ3) is 6.36. The maximum atomic E-state index is 12.1. The number of anilines is 1. The van der Waals surface area contributed by atoms with Gasteiger partial charge in [0.05, 0.1) is 12.7 Å². The third-order valence-corrected chi connectivity index (χ3v) is 3.55. The second-order valence-electron chi connectivity index (χ2n) is 5.46. The Bertz CT molecular complexity index is 755. The molecule has 0 fully saturated rings. The molecule has 8 heteroatoms. The van der Waals surface area contributed by atoms with E-state index in [0.717, 1.165) is 5.56 Å². The first-order valence-corrected chi connectivity index (χ1v) is 8.21. The van der Waals surface area contributed by atoms with Gasteiger partial charge in [-0.25, -0.2) is 4.79 Å². The fraction of sp³-hybridized carbons (Fsp3) is 0.222. The number of carbonyl (C=O) groups is 2. The van der Waals surface area contributed by atoms with Crippen LogP contribution in [0.1, 0.15) is 15.9 Å². The molecule has 0 aromatic heterocycles. The van der Waals surface area contributed by atoms with Gasteiger partial charge in [-0.3, -0.25) is 10.1 Å². The van der Waals surface area contributed by atoms with Crippen LogP contribution in [0.2, 0.25) is 5.02 Å². The van der Waals surface area contributed by atoms with Crippen molar-refractivity contribution in [1.29, 1.82) is 0 Å². The summed E-state index contributed by atoms with van der Waals surface area (Å²) in [6.45, 7) is -0.459. The number of hydrogen-bond donors (Lipinski definition) is 4. The molecule has 138 valence electrons. The summed E-state index contributed by atoms with van der Waals surface area (Å²) in [7, 11) is 0. The summed E-state index contributed by atoms with van der Waals surface area (Å²) in [5, 5.41) is 23.2. The molecule has 0 aliphatic rings. The molecule has 4 N–H and O–H groups in total. The number of carbonyl (C=O) groups excluding carboxylic acids is 2. The van der Waals surface area contributed by atoms with Gasteiger partial charge >= 0.3 is 6.09 Å². The van der Waals surface area contributed by atoms with Gasteiger partial charge < -0.3 is 20.3 Å². The summed E-state index contributed by atoms with van der Waals surface area (Å²) in [5.41, 5.74) is 1.33. The molecule has 1 unspecified atom stereocenters. The third-order valence-electron chi connectivity index (χ3n) is 3.33. The number of aliphatic hydroxyl groups excluding tert-OH is 2. The lowest BCUT2D eigenvalue weighted by Gasteiger charge is -2.11. The van der Waals surface area contributed by atoms with Crippen molar-refractivity contribution >= 4 is 29.3 Å². The van der Waals surface area contributed by atoms with E-state index in [0.29, 0.717) is 5.69 Å². The van der Waals surface area contributed by atoms with E-state index in [1.165, 1.54) is 18.2 Å². The molecule has 2 aromatic carbocycles. The monoisotopic (exact) mass is 378 g/mol. The van der Waals surface area contributed by atoms with E-state index in [2.05, 4.69) is 10.6 Å². The van der Waals surface area contributed by atoms with Crippen LogP contribution in [0, 0.1) is 0 Å². The lowest BCUT2D eigenvalue weighted by atomic mass is 10.2. The summed E-state index contributed by atoms with van der Waals surface area (Å²) in [4.78, 5) is 24.0. The number of nitrogens with one attached hydrogen (secondary N) is 2. The average Bonchev–Trinajstić information content (AvgIpc) is 2.64. The zero-order valence-electron chi connectivity index (χ0n) is 13.8. The number of hydrogen-bond acceptors (Lipinski definition) is 5. The highest BCUT2D eigenvalue weighted by molar-refractivity contribution is 6.31. The number of rotatable bonds is 7. The fourth-order valence-electron chi connectivity index (χ4n) is 2.05.